The van der Waals surface area contributed by atoms with Gasteiger partial charge >= 0.3 is 0 Å². The Morgan fingerprint density at radius 2 is 1.94 bits per heavy atom. The summed E-state index contributed by atoms with van der Waals surface area (Å²) >= 11 is 4.22. The van der Waals surface area contributed by atoms with Crippen molar-refractivity contribution in [1.82, 2.24) is 4.98 Å². The lowest BCUT2D eigenvalue weighted by Crippen LogP contribution is -1.96. The van der Waals surface area contributed by atoms with Gasteiger partial charge < -0.3 is 4.74 Å². The van der Waals surface area contributed by atoms with Crippen molar-refractivity contribution in [2.75, 3.05) is 0 Å². The van der Waals surface area contributed by atoms with E-state index in [1.54, 1.807) is 6.20 Å². The molecule has 0 radical (unpaired) electrons. The number of aryl methyl sites for hydroxylation is 1. The molecule has 0 atom stereocenters. The van der Waals surface area contributed by atoms with Crippen molar-refractivity contribution in [3.63, 3.8) is 0 Å². The maximum Gasteiger partial charge on any atom is 0.119 e. The van der Waals surface area contributed by atoms with Gasteiger partial charge in [-0.25, -0.2) is 0 Å². The molecule has 1 aromatic heterocycles. The molecule has 16 heavy (non-hydrogen) atoms. The van der Waals surface area contributed by atoms with E-state index in [1.165, 1.54) is 0 Å². The number of ether oxygens (including phenoxy) is 1. The molecular formula is C13H13NOS. The van der Waals surface area contributed by atoms with Crippen molar-refractivity contribution in [3.05, 3.63) is 53.9 Å². The minimum Gasteiger partial charge on any atom is -0.489 e. The van der Waals surface area contributed by atoms with Gasteiger partial charge in [0.25, 0.3) is 0 Å². The van der Waals surface area contributed by atoms with E-state index in [4.69, 9.17) is 4.74 Å². The zero-order valence-corrected chi connectivity index (χ0v) is 9.95. The van der Waals surface area contributed by atoms with Crippen molar-refractivity contribution < 1.29 is 4.74 Å². The molecule has 0 saturated carbocycles. The number of hydrogen-bond acceptors (Lipinski definition) is 3. The van der Waals surface area contributed by atoms with E-state index < -0.39 is 0 Å². The lowest BCUT2D eigenvalue weighted by atomic mass is 10.2. The number of hydrogen-bond donors (Lipinski definition) is 1. The number of aromatic nitrogens is 1. The molecule has 0 saturated heterocycles. The highest BCUT2D eigenvalue weighted by atomic mass is 32.1. The normalized spacial score (nSPS) is 10.1. The second kappa shape index (κ2) is 5.03. The van der Waals surface area contributed by atoms with Crippen LogP contribution >= 0.6 is 12.6 Å². The average Bonchev–Trinajstić information content (AvgIpc) is 2.28. The van der Waals surface area contributed by atoms with Gasteiger partial charge in [-0.3, -0.25) is 4.98 Å². The predicted octanol–water partition coefficient (Wildman–Crippen LogP) is 3.26. The Balaban J connectivity index is 1.99. The Hall–Kier alpha value is -1.48. The molecule has 1 heterocycles. The van der Waals surface area contributed by atoms with Gasteiger partial charge in [0.15, 0.2) is 0 Å². The third-order valence-electron chi connectivity index (χ3n) is 2.20. The molecule has 3 heteroatoms. The van der Waals surface area contributed by atoms with Crippen molar-refractivity contribution >= 4 is 12.6 Å². The molecular weight excluding hydrogens is 218 g/mol. The summed E-state index contributed by atoms with van der Waals surface area (Å²) < 4.78 is 5.64. The molecule has 0 spiro atoms. The van der Waals surface area contributed by atoms with Gasteiger partial charge in [0.05, 0.1) is 0 Å². The second-order valence-electron chi connectivity index (χ2n) is 3.59. The van der Waals surface area contributed by atoms with Gasteiger partial charge in [-0.2, -0.15) is 0 Å². The molecule has 0 bridgehead atoms. The summed E-state index contributed by atoms with van der Waals surface area (Å²) in [7, 11) is 0. The molecule has 0 fully saturated rings. The van der Waals surface area contributed by atoms with Crippen LogP contribution in [0.5, 0.6) is 5.75 Å². The smallest absolute Gasteiger partial charge is 0.119 e. The number of rotatable bonds is 3. The molecule has 1 aromatic carbocycles. The largest absolute Gasteiger partial charge is 0.489 e. The van der Waals surface area contributed by atoms with Crippen LogP contribution < -0.4 is 4.74 Å². The zero-order valence-electron chi connectivity index (χ0n) is 9.05. The second-order valence-corrected chi connectivity index (χ2v) is 4.10. The predicted molar refractivity (Wildman–Crippen MR) is 67.0 cm³/mol. The summed E-state index contributed by atoms with van der Waals surface area (Å²) in [6.45, 7) is 2.54. The van der Waals surface area contributed by atoms with Crippen molar-refractivity contribution in [3.8, 4) is 5.75 Å². The molecule has 0 aliphatic rings. The Kier molecular flexibility index (Phi) is 3.47. The van der Waals surface area contributed by atoms with E-state index >= 15 is 0 Å². The summed E-state index contributed by atoms with van der Waals surface area (Å²) in [6, 6.07) is 11.6. The van der Waals surface area contributed by atoms with Crippen LogP contribution in [0.15, 0.2) is 47.5 Å². The van der Waals surface area contributed by atoms with Crippen LogP contribution in [0, 0.1) is 6.92 Å². The number of nitrogens with zero attached hydrogens (tertiary/aromatic N) is 1. The monoisotopic (exact) mass is 231 g/mol. The highest BCUT2D eigenvalue weighted by Gasteiger charge is 1.96. The Morgan fingerprint density at radius 1 is 1.19 bits per heavy atom. The van der Waals surface area contributed by atoms with Gasteiger partial charge in [-0.05, 0) is 48.9 Å². The fourth-order valence-corrected chi connectivity index (χ4v) is 1.55. The van der Waals surface area contributed by atoms with Crippen LogP contribution in [0.25, 0.3) is 0 Å². The minimum absolute atomic E-state index is 0.565. The lowest BCUT2D eigenvalue weighted by molar-refractivity contribution is 0.306. The standard InChI is InChI=1S/C13H13NOS/c1-10-8-11(6-7-14-10)9-15-12-2-4-13(16)5-3-12/h2-8,16H,9H2,1H3. The highest BCUT2D eigenvalue weighted by molar-refractivity contribution is 7.80. The first-order valence-electron chi connectivity index (χ1n) is 5.07. The highest BCUT2D eigenvalue weighted by Crippen LogP contribution is 2.15. The first-order valence-corrected chi connectivity index (χ1v) is 5.52. The van der Waals surface area contributed by atoms with Crippen molar-refractivity contribution in [1.29, 1.82) is 0 Å². The summed E-state index contributed by atoms with van der Waals surface area (Å²) in [5, 5.41) is 0. The van der Waals surface area contributed by atoms with E-state index in [-0.39, 0.29) is 0 Å². The van der Waals surface area contributed by atoms with Crippen molar-refractivity contribution in [2.45, 2.75) is 18.4 Å². The molecule has 0 N–H and O–H groups in total. The maximum absolute atomic E-state index is 5.64. The molecule has 82 valence electrons. The fraction of sp³-hybridized carbons (Fsp3) is 0.154. The number of pyridine rings is 1. The average molecular weight is 231 g/mol. The third kappa shape index (κ3) is 3.00. The summed E-state index contributed by atoms with van der Waals surface area (Å²) in [6.07, 6.45) is 1.80. The van der Waals surface area contributed by atoms with E-state index in [0.717, 1.165) is 21.9 Å². The first kappa shape index (κ1) is 11.0. The molecule has 0 aliphatic carbocycles. The lowest BCUT2D eigenvalue weighted by Gasteiger charge is -2.06. The van der Waals surface area contributed by atoms with Crippen LogP contribution in [-0.4, -0.2) is 4.98 Å². The summed E-state index contributed by atoms with van der Waals surface area (Å²) in [4.78, 5) is 5.08. The third-order valence-corrected chi connectivity index (χ3v) is 2.50. The minimum atomic E-state index is 0.565. The van der Waals surface area contributed by atoms with E-state index in [1.807, 2.05) is 43.3 Å². The van der Waals surface area contributed by atoms with Gasteiger partial charge in [-0.1, -0.05) is 0 Å². The van der Waals surface area contributed by atoms with Crippen LogP contribution in [0.4, 0.5) is 0 Å². The molecule has 2 rings (SSSR count). The van der Waals surface area contributed by atoms with Gasteiger partial charge in [0.1, 0.15) is 12.4 Å². The zero-order chi connectivity index (χ0) is 11.4. The van der Waals surface area contributed by atoms with Crippen LogP contribution in [0.1, 0.15) is 11.3 Å². The van der Waals surface area contributed by atoms with Gasteiger partial charge in [-0.15, -0.1) is 12.6 Å². The van der Waals surface area contributed by atoms with Crippen LogP contribution in [-0.2, 0) is 6.61 Å². The molecule has 2 nitrogen and oxygen atoms in total. The number of benzene rings is 1. The summed E-state index contributed by atoms with van der Waals surface area (Å²) in [5.74, 6) is 0.854. The van der Waals surface area contributed by atoms with E-state index in [0.29, 0.717) is 6.61 Å². The fourth-order valence-electron chi connectivity index (χ4n) is 1.40. The van der Waals surface area contributed by atoms with Crippen LogP contribution in [0.2, 0.25) is 0 Å². The Bertz CT molecular complexity index is 468. The van der Waals surface area contributed by atoms with E-state index in [2.05, 4.69) is 17.6 Å². The van der Waals surface area contributed by atoms with Crippen LogP contribution in [0.3, 0.4) is 0 Å². The quantitative estimate of drug-likeness (QED) is 0.819. The SMILES string of the molecule is Cc1cc(COc2ccc(S)cc2)ccn1. The molecule has 0 unspecified atom stereocenters. The Labute approximate surface area is 101 Å². The topological polar surface area (TPSA) is 22.1 Å². The Morgan fingerprint density at radius 3 is 2.62 bits per heavy atom. The molecule has 0 aliphatic heterocycles. The maximum atomic E-state index is 5.64. The number of thiol groups is 1. The molecule has 2 aromatic rings. The molecule has 0 amide bonds. The first-order chi connectivity index (χ1) is 7.74. The van der Waals surface area contributed by atoms with Gasteiger partial charge in [0, 0.05) is 16.8 Å². The van der Waals surface area contributed by atoms with Gasteiger partial charge in [0.2, 0.25) is 0 Å². The summed E-state index contributed by atoms with van der Waals surface area (Å²) in [5.41, 5.74) is 2.13. The van der Waals surface area contributed by atoms with E-state index in [9.17, 15) is 0 Å². The van der Waals surface area contributed by atoms with Crippen molar-refractivity contribution in [2.24, 2.45) is 0 Å².